The first-order valence-corrected chi connectivity index (χ1v) is 8.99. The number of amides is 1. The Morgan fingerprint density at radius 3 is 2.42 bits per heavy atom. The number of ether oxygens (including phenoxy) is 1. The molecule has 3 N–H and O–H groups in total. The maximum Gasteiger partial charge on any atom is 0.341 e. The minimum absolute atomic E-state index is 0.439. The minimum Gasteiger partial charge on any atom is -0.452 e. The van der Waals surface area contributed by atoms with Gasteiger partial charge in [-0.05, 0) is 55.3 Å². The number of anilines is 1. The molecule has 9 heteroatoms. The summed E-state index contributed by atoms with van der Waals surface area (Å²) in [5.74, 6) is -2.79. The Labute approximate surface area is 150 Å². The van der Waals surface area contributed by atoms with Gasteiger partial charge in [0.1, 0.15) is 5.82 Å². The Bertz CT molecular complexity index is 973. The van der Waals surface area contributed by atoms with Crippen LogP contribution in [-0.2, 0) is 19.6 Å². The van der Waals surface area contributed by atoms with E-state index in [1.165, 1.54) is 0 Å². The molecule has 1 amide bonds. The summed E-state index contributed by atoms with van der Waals surface area (Å²) in [6.07, 6.45) is 0. The SMILES string of the molecule is Cc1ccc(NC(=O)COC(=O)c2cc(S(N)(=O)=O)ccc2F)cc1C. The van der Waals surface area contributed by atoms with Crippen molar-refractivity contribution in [2.45, 2.75) is 18.7 Å². The molecule has 0 spiro atoms. The predicted octanol–water partition coefficient (Wildman–Crippen LogP) is 1.89. The quantitative estimate of drug-likeness (QED) is 0.769. The van der Waals surface area contributed by atoms with Gasteiger partial charge >= 0.3 is 5.97 Å². The van der Waals surface area contributed by atoms with Gasteiger partial charge < -0.3 is 10.1 Å². The van der Waals surface area contributed by atoms with Crippen molar-refractivity contribution in [2.75, 3.05) is 11.9 Å². The van der Waals surface area contributed by atoms with Gasteiger partial charge in [-0.15, -0.1) is 0 Å². The summed E-state index contributed by atoms with van der Waals surface area (Å²) in [5.41, 5.74) is 1.92. The van der Waals surface area contributed by atoms with Gasteiger partial charge in [-0.1, -0.05) is 6.07 Å². The number of hydrogen-bond donors (Lipinski definition) is 2. The molecule has 0 aromatic heterocycles. The minimum atomic E-state index is -4.11. The number of nitrogens with two attached hydrogens (primary N) is 1. The Morgan fingerprint density at radius 1 is 1.12 bits per heavy atom. The van der Waals surface area contributed by atoms with Crippen molar-refractivity contribution in [3.8, 4) is 0 Å². The van der Waals surface area contributed by atoms with Gasteiger partial charge in [0, 0.05) is 5.69 Å². The van der Waals surface area contributed by atoms with Crippen LogP contribution in [0, 0.1) is 19.7 Å². The average Bonchev–Trinajstić information content (AvgIpc) is 2.55. The molecule has 0 unspecified atom stereocenters. The van der Waals surface area contributed by atoms with Crippen LogP contribution in [0.5, 0.6) is 0 Å². The third kappa shape index (κ3) is 4.87. The van der Waals surface area contributed by atoms with E-state index in [1.54, 1.807) is 12.1 Å². The first-order valence-electron chi connectivity index (χ1n) is 7.44. The summed E-state index contributed by atoms with van der Waals surface area (Å²) < 4.78 is 41.0. The zero-order valence-corrected chi connectivity index (χ0v) is 14.9. The Balaban J connectivity index is 2.04. The van der Waals surface area contributed by atoms with E-state index in [9.17, 15) is 22.4 Å². The molecule has 0 aliphatic carbocycles. The van der Waals surface area contributed by atoms with E-state index in [2.05, 4.69) is 5.32 Å². The monoisotopic (exact) mass is 380 g/mol. The highest BCUT2D eigenvalue weighted by molar-refractivity contribution is 7.89. The fraction of sp³-hybridized carbons (Fsp3) is 0.176. The second-order valence-corrected chi connectivity index (χ2v) is 7.17. The number of carbonyl (C=O) groups is 2. The number of nitrogens with one attached hydrogen (secondary N) is 1. The van der Waals surface area contributed by atoms with Crippen LogP contribution in [0.25, 0.3) is 0 Å². The van der Waals surface area contributed by atoms with Gasteiger partial charge in [0.05, 0.1) is 10.5 Å². The predicted molar refractivity (Wildman–Crippen MR) is 92.6 cm³/mol. The molecular weight excluding hydrogens is 363 g/mol. The standard InChI is InChI=1S/C17H17FN2O5S/c1-10-3-4-12(7-11(10)2)20-16(21)9-25-17(22)14-8-13(26(19,23)24)5-6-15(14)18/h3-8H,9H2,1-2H3,(H,20,21)(H2,19,23,24). The van der Waals surface area contributed by atoms with Gasteiger partial charge in [-0.2, -0.15) is 0 Å². The van der Waals surface area contributed by atoms with Gasteiger partial charge in [0.15, 0.2) is 6.61 Å². The molecule has 0 aliphatic rings. The molecule has 7 nitrogen and oxygen atoms in total. The summed E-state index contributed by atoms with van der Waals surface area (Å²) in [6.45, 7) is 3.14. The summed E-state index contributed by atoms with van der Waals surface area (Å²) in [7, 11) is -4.11. The molecule has 0 saturated carbocycles. The van der Waals surface area contributed by atoms with Crippen LogP contribution in [0.4, 0.5) is 10.1 Å². The van der Waals surface area contributed by atoms with Crippen LogP contribution in [0.3, 0.4) is 0 Å². The number of aryl methyl sites for hydroxylation is 2. The van der Waals surface area contributed by atoms with Crippen molar-refractivity contribution in [1.29, 1.82) is 0 Å². The van der Waals surface area contributed by atoms with Crippen molar-refractivity contribution in [3.05, 3.63) is 58.9 Å². The van der Waals surface area contributed by atoms with E-state index in [4.69, 9.17) is 9.88 Å². The Hall–Kier alpha value is -2.78. The van der Waals surface area contributed by atoms with Gasteiger partial charge in [-0.25, -0.2) is 22.7 Å². The van der Waals surface area contributed by atoms with Crippen LogP contribution in [0.2, 0.25) is 0 Å². The lowest BCUT2D eigenvalue weighted by Gasteiger charge is -2.09. The van der Waals surface area contributed by atoms with E-state index in [1.807, 2.05) is 19.9 Å². The number of esters is 1. The number of primary sulfonamides is 1. The molecule has 0 bridgehead atoms. The molecule has 0 fully saturated rings. The lowest BCUT2D eigenvalue weighted by molar-refractivity contribution is -0.119. The van der Waals surface area contributed by atoms with Gasteiger partial charge in [-0.3, -0.25) is 4.79 Å². The maximum atomic E-state index is 13.7. The normalized spacial score (nSPS) is 11.1. The smallest absolute Gasteiger partial charge is 0.341 e. The van der Waals surface area contributed by atoms with Crippen molar-refractivity contribution in [1.82, 2.24) is 0 Å². The fourth-order valence-corrected chi connectivity index (χ4v) is 2.60. The second-order valence-electron chi connectivity index (χ2n) is 5.61. The number of sulfonamides is 1. The van der Waals surface area contributed by atoms with Gasteiger partial charge in [0.2, 0.25) is 10.0 Å². The first kappa shape index (κ1) is 19.5. The summed E-state index contributed by atoms with van der Waals surface area (Å²) in [5, 5.41) is 7.48. The zero-order chi connectivity index (χ0) is 19.5. The van der Waals surface area contributed by atoms with E-state index in [0.717, 1.165) is 29.3 Å². The van der Waals surface area contributed by atoms with Gasteiger partial charge in [0.25, 0.3) is 5.91 Å². The van der Waals surface area contributed by atoms with Crippen molar-refractivity contribution < 1.29 is 27.1 Å². The number of rotatable bonds is 5. The number of hydrogen-bond acceptors (Lipinski definition) is 5. The maximum absolute atomic E-state index is 13.7. The molecule has 0 radical (unpaired) electrons. The fourth-order valence-electron chi connectivity index (χ4n) is 2.06. The summed E-state index contributed by atoms with van der Waals surface area (Å²) in [6, 6.07) is 7.74. The highest BCUT2D eigenvalue weighted by Crippen LogP contribution is 2.16. The molecule has 26 heavy (non-hydrogen) atoms. The molecule has 0 aliphatic heterocycles. The molecule has 0 saturated heterocycles. The average molecular weight is 380 g/mol. The number of benzene rings is 2. The Morgan fingerprint density at radius 2 is 1.81 bits per heavy atom. The van der Waals surface area contributed by atoms with Crippen LogP contribution < -0.4 is 10.5 Å². The number of halogens is 1. The second kappa shape index (κ2) is 7.63. The van der Waals surface area contributed by atoms with E-state index < -0.39 is 44.8 Å². The molecular formula is C17H17FN2O5S. The molecule has 138 valence electrons. The van der Waals surface area contributed by atoms with E-state index >= 15 is 0 Å². The van der Waals surface area contributed by atoms with E-state index in [-0.39, 0.29) is 0 Å². The third-order valence-corrected chi connectivity index (χ3v) is 4.52. The van der Waals surface area contributed by atoms with Crippen LogP contribution in [-0.4, -0.2) is 26.9 Å². The Kier molecular flexibility index (Phi) is 5.73. The van der Waals surface area contributed by atoms with Crippen molar-refractivity contribution >= 4 is 27.6 Å². The van der Waals surface area contributed by atoms with Crippen LogP contribution >= 0.6 is 0 Å². The van der Waals surface area contributed by atoms with Crippen LogP contribution in [0.1, 0.15) is 21.5 Å². The lowest BCUT2D eigenvalue weighted by atomic mass is 10.1. The molecule has 0 heterocycles. The molecule has 0 atom stereocenters. The summed E-state index contributed by atoms with van der Waals surface area (Å²) >= 11 is 0. The zero-order valence-electron chi connectivity index (χ0n) is 14.1. The topological polar surface area (TPSA) is 116 Å². The largest absolute Gasteiger partial charge is 0.452 e. The summed E-state index contributed by atoms with van der Waals surface area (Å²) in [4.78, 5) is 23.3. The van der Waals surface area contributed by atoms with Crippen LogP contribution in [0.15, 0.2) is 41.3 Å². The molecule has 2 aromatic carbocycles. The van der Waals surface area contributed by atoms with Crippen molar-refractivity contribution in [3.63, 3.8) is 0 Å². The highest BCUT2D eigenvalue weighted by atomic mass is 32.2. The molecule has 2 rings (SSSR count). The third-order valence-electron chi connectivity index (χ3n) is 3.61. The number of carbonyl (C=O) groups excluding carboxylic acids is 2. The lowest BCUT2D eigenvalue weighted by Crippen LogP contribution is -2.22. The highest BCUT2D eigenvalue weighted by Gasteiger charge is 2.19. The molecule has 2 aromatic rings. The van der Waals surface area contributed by atoms with E-state index in [0.29, 0.717) is 5.69 Å². The van der Waals surface area contributed by atoms with Crippen molar-refractivity contribution in [2.24, 2.45) is 5.14 Å². The first-order chi connectivity index (χ1) is 12.1.